The molecule has 19 heteroatoms. The summed E-state index contributed by atoms with van der Waals surface area (Å²) in [6.45, 7) is 1.50. The summed E-state index contributed by atoms with van der Waals surface area (Å²) in [5, 5.41) is 18.4. The monoisotopic (exact) mass is 562 g/mol. The van der Waals surface area contributed by atoms with E-state index in [1.54, 1.807) is 0 Å². The third-order valence-electron chi connectivity index (χ3n) is 4.48. The quantitative estimate of drug-likeness (QED) is 0.202. The fraction of sp³-hybridized carbons (Fsp3) is 0.0588. The van der Waals surface area contributed by atoms with Gasteiger partial charge in [0.15, 0.2) is 11.4 Å². The number of nitrogens with one attached hydrogen (secondary N) is 1. The highest BCUT2D eigenvalue weighted by Gasteiger charge is 2.27. The molecule has 0 amide bonds. The molecule has 36 heavy (non-hydrogen) atoms. The zero-order valence-electron chi connectivity index (χ0n) is 17.6. The van der Waals surface area contributed by atoms with E-state index in [0.29, 0.717) is 23.8 Å². The van der Waals surface area contributed by atoms with Crippen LogP contribution in [0.4, 0.5) is 11.4 Å². The molecule has 0 bridgehead atoms. The van der Waals surface area contributed by atoms with Gasteiger partial charge in [-0.05, 0) is 42.8 Å². The highest BCUT2D eigenvalue weighted by molar-refractivity contribution is 7.86. The first-order chi connectivity index (χ1) is 16.4. The zero-order chi connectivity index (χ0) is 27.2. The summed E-state index contributed by atoms with van der Waals surface area (Å²) in [5.41, 5.74) is -4.41. The van der Waals surface area contributed by atoms with Crippen molar-refractivity contribution in [3.05, 3.63) is 58.0 Å². The van der Waals surface area contributed by atoms with E-state index in [-0.39, 0.29) is 4.68 Å². The summed E-state index contributed by atoms with van der Waals surface area (Å²) in [6.07, 6.45) is 0. The van der Waals surface area contributed by atoms with Gasteiger partial charge >= 0.3 is 5.97 Å². The van der Waals surface area contributed by atoms with Crippen molar-refractivity contribution >= 4 is 47.7 Å². The predicted molar refractivity (Wildman–Crippen MR) is 118 cm³/mol. The first-order valence-electron chi connectivity index (χ1n) is 9.09. The normalized spacial score (nSPS) is 12.8. The number of H-pyrrole nitrogens is 1. The number of aromatic nitrogens is 2. The Morgan fingerprint density at radius 2 is 1.47 bits per heavy atom. The summed E-state index contributed by atoms with van der Waals surface area (Å²) in [4.78, 5) is 22.0. The Bertz CT molecular complexity index is 1820. The van der Waals surface area contributed by atoms with Crippen LogP contribution in [0, 0.1) is 6.92 Å². The Morgan fingerprint density at radius 1 is 0.861 bits per heavy atom. The summed E-state index contributed by atoms with van der Waals surface area (Å²) in [6, 6.07) is 5.08. The molecule has 0 radical (unpaired) electrons. The van der Waals surface area contributed by atoms with Gasteiger partial charge in [0.2, 0.25) is 0 Å². The van der Waals surface area contributed by atoms with E-state index in [0.717, 1.165) is 12.1 Å². The van der Waals surface area contributed by atoms with Crippen LogP contribution >= 0.6 is 0 Å². The van der Waals surface area contributed by atoms with E-state index in [2.05, 4.69) is 10.2 Å². The topological polar surface area (TPSA) is 263 Å². The Hall–Kier alpha value is -3.75. The number of rotatable bonds is 7. The lowest BCUT2D eigenvalue weighted by Crippen LogP contribution is -2.18. The fourth-order valence-corrected chi connectivity index (χ4v) is 4.77. The molecule has 3 rings (SSSR count). The van der Waals surface area contributed by atoms with E-state index < -0.39 is 79.3 Å². The van der Waals surface area contributed by atoms with E-state index in [1.165, 1.54) is 13.0 Å². The molecule has 16 nitrogen and oxygen atoms in total. The Morgan fingerprint density at radius 3 is 2.00 bits per heavy atom. The van der Waals surface area contributed by atoms with Gasteiger partial charge in [0.05, 0.1) is 10.6 Å². The van der Waals surface area contributed by atoms with E-state index in [9.17, 15) is 53.6 Å². The van der Waals surface area contributed by atoms with E-state index in [4.69, 9.17) is 0 Å². The Balaban J connectivity index is 2.32. The number of aryl methyl sites for hydroxylation is 1. The van der Waals surface area contributed by atoms with Crippen molar-refractivity contribution in [2.75, 3.05) is 0 Å². The van der Waals surface area contributed by atoms with Crippen molar-refractivity contribution in [2.45, 2.75) is 21.6 Å². The van der Waals surface area contributed by atoms with Gasteiger partial charge < -0.3 is 5.11 Å². The SMILES string of the molecule is Cc1ccc(N=Nc2c(C(=O)O)[nH]n(-c3cc(S(=O)(=O)O)ccc3S(=O)(=O)O)c2=O)c(S(=O)(=O)O)c1. The number of carbonyl (C=O) groups is 1. The van der Waals surface area contributed by atoms with Crippen LogP contribution in [-0.2, 0) is 30.4 Å². The number of carboxylic acids is 1. The third-order valence-corrected chi connectivity index (χ3v) is 7.11. The lowest BCUT2D eigenvalue weighted by atomic mass is 10.2. The minimum absolute atomic E-state index is 0.203. The summed E-state index contributed by atoms with van der Waals surface area (Å²) >= 11 is 0. The predicted octanol–water partition coefficient (Wildman–Crippen LogP) is 1.33. The molecule has 0 saturated carbocycles. The largest absolute Gasteiger partial charge is 0.476 e. The Labute approximate surface area is 201 Å². The fourth-order valence-electron chi connectivity index (χ4n) is 2.90. The molecule has 1 heterocycles. The van der Waals surface area contributed by atoms with Crippen molar-refractivity contribution in [3.8, 4) is 5.69 Å². The van der Waals surface area contributed by atoms with Crippen LogP contribution in [-0.4, -0.2) is 59.8 Å². The summed E-state index contributed by atoms with van der Waals surface area (Å²) < 4.78 is 98.1. The van der Waals surface area contributed by atoms with Crippen LogP contribution < -0.4 is 5.56 Å². The highest BCUT2D eigenvalue weighted by Crippen LogP contribution is 2.28. The van der Waals surface area contributed by atoms with Gasteiger partial charge in [-0.2, -0.15) is 25.3 Å². The number of aromatic amines is 1. The lowest BCUT2D eigenvalue weighted by Gasteiger charge is -2.09. The van der Waals surface area contributed by atoms with Crippen LogP contribution in [0.15, 0.2) is 66.1 Å². The van der Waals surface area contributed by atoms with E-state index in [1.807, 2.05) is 5.10 Å². The van der Waals surface area contributed by atoms with Crippen molar-refractivity contribution in [2.24, 2.45) is 10.2 Å². The van der Waals surface area contributed by atoms with Crippen molar-refractivity contribution in [1.82, 2.24) is 9.78 Å². The molecule has 0 aliphatic rings. The van der Waals surface area contributed by atoms with Gasteiger partial charge in [0, 0.05) is 0 Å². The highest BCUT2D eigenvalue weighted by atomic mass is 32.2. The number of hydrogen-bond acceptors (Lipinski definition) is 10. The van der Waals surface area contributed by atoms with Crippen LogP contribution in [0.2, 0.25) is 0 Å². The van der Waals surface area contributed by atoms with Gasteiger partial charge in [-0.1, -0.05) is 6.07 Å². The maximum absolute atomic E-state index is 13.0. The molecule has 0 aliphatic carbocycles. The molecule has 0 fully saturated rings. The minimum Gasteiger partial charge on any atom is -0.476 e. The molecule has 0 saturated heterocycles. The average Bonchev–Trinajstić information content (AvgIpc) is 3.07. The maximum Gasteiger partial charge on any atom is 0.356 e. The van der Waals surface area contributed by atoms with Gasteiger partial charge in [0.25, 0.3) is 35.9 Å². The lowest BCUT2D eigenvalue weighted by molar-refractivity contribution is 0.0690. The maximum atomic E-state index is 13.0. The second-order valence-electron chi connectivity index (χ2n) is 7.01. The number of nitrogens with zero attached hydrogens (tertiary/aromatic N) is 3. The van der Waals surface area contributed by atoms with Crippen molar-refractivity contribution < 1.29 is 48.8 Å². The number of azo groups is 1. The summed E-state index contributed by atoms with van der Waals surface area (Å²) in [7, 11) is -14.9. The molecule has 2 aromatic carbocycles. The third kappa shape index (κ3) is 5.40. The Kier molecular flexibility index (Phi) is 6.74. The summed E-state index contributed by atoms with van der Waals surface area (Å²) in [5.74, 6) is -1.82. The number of carboxylic acid groups (broad SMARTS) is 1. The zero-order valence-corrected chi connectivity index (χ0v) is 20.0. The molecular formula is C17H14N4O12S3. The second-order valence-corrected chi connectivity index (χ2v) is 11.2. The average molecular weight is 563 g/mol. The first-order valence-corrected chi connectivity index (χ1v) is 13.4. The second kappa shape index (κ2) is 9.04. The van der Waals surface area contributed by atoms with Gasteiger partial charge in [-0.3, -0.25) is 23.6 Å². The number of benzene rings is 2. The minimum atomic E-state index is -5.12. The van der Waals surface area contributed by atoms with Crippen LogP contribution in [0.3, 0.4) is 0 Å². The van der Waals surface area contributed by atoms with Crippen LogP contribution in [0.1, 0.15) is 16.1 Å². The first kappa shape index (κ1) is 26.8. The van der Waals surface area contributed by atoms with E-state index >= 15 is 0 Å². The molecule has 0 spiro atoms. The molecule has 0 atom stereocenters. The molecule has 0 unspecified atom stereocenters. The number of hydrogen-bond donors (Lipinski definition) is 5. The van der Waals surface area contributed by atoms with Gasteiger partial charge in [-0.25, -0.2) is 9.48 Å². The van der Waals surface area contributed by atoms with Gasteiger partial charge in [0.1, 0.15) is 15.5 Å². The molecule has 1 aromatic heterocycles. The van der Waals surface area contributed by atoms with Crippen molar-refractivity contribution in [3.63, 3.8) is 0 Å². The van der Waals surface area contributed by atoms with Crippen LogP contribution in [0.25, 0.3) is 5.69 Å². The molecule has 192 valence electrons. The van der Waals surface area contributed by atoms with Crippen molar-refractivity contribution in [1.29, 1.82) is 0 Å². The number of aromatic carboxylic acids is 1. The molecular weight excluding hydrogens is 548 g/mol. The van der Waals surface area contributed by atoms with Crippen LogP contribution in [0.5, 0.6) is 0 Å². The standard InChI is InChI=1S/C17H14N4O12S3/c1-8-2-4-10(13(6-8)36(31,32)33)18-19-14-15(17(23)24)20-21(16(14)22)11-7-9(34(25,26)27)3-5-12(11)35(28,29)30/h2-7,20H,1H3,(H,23,24)(H,25,26,27)(H,28,29,30)(H,31,32,33). The molecule has 3 aromatic rings. The molecule has 0 aliphatic heterocycles. The van der Waals surface area contributed by atoms with Gasteiger partial charge in [-0.15, -0.1) is 10.2 Å². The molecule has 5 N–H and O–H groups in total. The smallest absolute Gasteiger partial charge is 0.356 e.